The van der Waals surface area contributed by atoms with Gasteiger partial charge in [0.25, 0.3) is 5.89 Å². The average molecular weight is 238 g/mol. The third-order valence-corrected chi connectivity index (χ3v) is 3.53. The highest BCUT2D eigenvalue weighted by Crippen LogP contribution is 2.27. The third-order valence-electron chi connectivity index (χ3n) is 2.61. The lowest BCUT2D eigenvalue weighted by atomic mass is 10.0. The van der Waals surface area contributed by atoms with Crippen LogP contribution in [-0.2, 0) is 5.54 Å². The van der Waals surface area contributed by atoms with Crippen LogP contribution in [0.2, 0.25) is 0 Å². The quantitative estimate of drug-likeness (QED) is 0.885. The molecular weight excluding hydrogens is 224 g/mol. The molecule has 2 aromatic rings. The maximum absolute atomic E-state index is 6.04. The number of hydrogen-bond acceptors (Lipinski definition) is 6. The molecule has 2 aromatic heterocycles. The number of nitrogens with two attached hydrogens (primary N) is 1. The van der Waals surface area contributed by atoms with Gasteiger partial charge in [-0.1, -0.05) is 12.1 Å². The Labute approximate surface area is 97.7 Å². The van der Waals surface area contributed by atoms with Crippen LogP contribution in [0.5, 0.6) is 0 Å². The summed E-state index contributed by atoms with van der Waals surface area (Å²) in [6, 6.07) is 0. The molecule has 2 N–H and O–H groups in total. The fraction of sp³-hybridized carbons (Fsp3) is 0.500. The van der Waals surface area contributed by atoms with Crippen molar-refractivity contribution in [2.75, 3.05) is 0 Å². The van der Waals surface area contributed by atoms with E-state index in [4.69, 9.17) is 10.3 Å². The maximum Gasteiger partial charge on any atom is 0.269 e. The lowest BCUT2D eigenvalue weighted by Crippen LogP contribution is -2.33. The lowest BCUT2D eigenvalue weighted by molar-refractivity contribution is 0.379. The van der Waals surface area contributed by atoms with Crippen LogP contribution in [0.3, 0.4) is 0 Å². The van der Waals surface area contributed by atoms with Crippen molar-refractivity contribution in [3.63, 3.8) is 0 Å². The summed E-state index contributed by atoms with van der Waals surface area (Å²) < 4.78 is 5.21. The number of aryl methyl sites for hydroxylation is 1. The van der Waals surface area contributed by atoms with Crippen molar-refractivity contribution in [3.8, 4) is 10.8 Å². The lowest BCUT2D eigenvalue weighted by Gasteiger charge is -2.16. The number of rotatable bonds is 3. The SMILES string of the molecule is CCC(C)(N)c1noc(-c2scnc2C)n1. The molecule has 5 nitrogen and oxygen atoms in total. The minimum Gasteiger partial charge on any atom is -0.333 e. The second kappa shape index (κ2) is 3.95. The average Bonchev–Trinajstić information content (AvgIpc) is 2.85. The van der Waals surface area contributed by atoms with Crippen LogP contribution in [0.1, 0.15) is 31.8 Å². The molecule has 0 bridgehead atoms. The first-order valence-corrected chi connectivity index (χ1v) is 5.96. The van der Waals surface area contributed by atoms with Crippen LogP contribution in [-0.4, -0.2) is 15.1 Å². The highest BCUT2D eigenvalue weighted by atomic mass is 32.1. The number of thiazole rings is 1. The predicted molar refractivity (Wildman–Crippen MR) is 62.0 cm³/mol. The zero-order valence-electron chi connectivity index (χ0n) is 9.52. The van der Waals surface area contributed by atoms with Crippen molar-refractivity contribution in [3.05, 3.63) is 17.0 Å². The Morgan fingerprint density at radius 1 is 1.56 bits per heavy atom. The van der Waals surface area contributed by atoms with E-state index >= 15 is 0 Å². The Morgan fingerprint density at radius 2 is 2.31 bits per heavy atom. The topological polar surface area (TPSA) is 77.8 Å². The second-order valence-electron chi connectivity index (χ2n) is 3.96. The molecule has 0 saturated carbocycles. The van der Waals surface area contributed by atoms with Crippen LogP contribution in [0.25, 0.3) is 10.8 Å². The minimum absolute atomic E-state index is 0.500. The van der Waals surface area contributed by atoms with Crippen LogP contribution in [0, 0.1) is 6.92 Å². The fourth-order valence-electron chi connectivity index (χ4n) is 1.21. The van der Waals surface area contributed by atoms with Crippen molar-refractivity contribution in [1.29, 1.82) is 0 Å². The van der Waals surface area contributed by atoms with E-state index in [0.29, 0.717) is 11.7 Å². The summed E-state index contributed by atoms with van der Waals surface area (Å²) in [4.78, 5) is 9.38. The van der Waals surface area contributed by atoms with Crippen molar-refractivity contribution in [2.24, 2.45) is 5.73 Å². The molecule has 86 valence electrons. The summed E-state index contributed by atoms with van der Waals surface area (Å²) in [5.74, 6) is 1.04. The molecule has 6 heteroatoms. The summed E-state index contributed by atoms with van der Waals surface area (Å²) >= 11 is 1.49. The second-order valence-corrected chi connectivity index (χ2v) is 4.82. The van der Waals surface area contributed by atoms with Gasteiger partial charge in [0.05, 0.1) is 16.7 Å². The van der Waals surface area contributed by atoms with E-state index in [1.165, 1.54) is 11.3 Å². The van der Waals surface area contributed by atoms with Crippen LogP contribution in [0.15, 0.2) is 10.0 Å². The zero-order chi connectivity index (χ0) is 11.8. The summed E-state index contributed by atoms with van der Waals surface area (Å²) in [5.41, 5.74) is 8.16. The van der Waals surface area contributed by atoms with Crippen LogP contribution in [0.4, 0.5) is 0 Å². The molecule has 0 amide bonds. The Kier molecular flexibility index (Phi) is 2.77. The maximum atomic E-state index is 6.04. The summed E-state index contributed by atoms with van der Waals surface area (Å²) in [5, 5.41) is 3.92. The monoisotopic (exact) mass is 238 g/mol. The van der Waals surface area contributed by atoms with E-state index in [1.54, 1.807) is 5.51 Å². The summed E-state index contributed by atoms with van der Waals surface area (Å²) in [7, 11) is 0. The van der Waals surface area contributed by atoms with Gasteiger partial charge in [0, 0.05) is 0 Å². The Hall–Kier alpha value is -1.27. The summed E-state index contributed by atoms with van der Waals surface area (Å²) in [6.07, 6.45) is 0.758. The van der Waals surface area contributed by atoms with Crippen molar-refractivity contribution < 1.29 is 4.52 Å². The van der Waals surface area contributed by atoms with Gasteiger partial charge in [-0.3, -0.25) is 0 Å². The van der Waals surface area contributed by atoms with Crippen LogP contribution >= 0.6 is 11.3 Å². The standard InChI is InChI=1S/C10H14N4OS/c1-4-10(3,11)9-13-8(15-14-9)7-6(2)12-5-16-7/h5H,4,11H2,1-3H3. The third kappa shape index (κ3) is 1.85. The molecule has 2 rings (SSSR count). The zero-order valence-corrected chi connectivity index (χ0v) is 10.3. The predicted octanol–water partition coefficient (Wildman–Crippen LogP) is 2.09. The highest BCUT2D eigenvalue weighted by molar-refractivity contribution is 7.13. The van der Waals surface area contributed by atoms with Gasteiger partial charge in [0.1, 0.15) is 4.88 Å². The normalized spacial score (nSPS) is 15.0. The van der Waals surface area contributed by atoms with Gasteiger partial charge >= 0.3 is 0 Å². The first-order chi connectivity index (χ1) is 7.54. The molecule has 0 saturated heterocycles. The smallest absolute Gasteiger partial charge is 0.269 e. The molecule has 0 aromatic carbocycles. The van der Waals surface area contributed by atoms with Crippen LogP contribution < -0.4 is 5.73 Å². The molecular formula is C10H14N4OS. The molecule has 1 atom stereocenters. The molecule has 16 heavy (non-hydrogen) atoms. The van der Waals surface area contributed by atoms with E-state index < -0.39 is 5.54 Å². The van der Waals surface area contributed by atoms with Gasteiger partial charge < -0.3 is 10.3 Å². The first kappa shape index (κ1) is 11.2. The molecule has 0 spiro atoms. The van der Waals surface area contributed by atoms with Gasteiger partial charge in [0.15, 0.2) is 5.82 Å². The van der Waals surface area contributed by atoms with Gasteiger partial charge in [-0.2, -0.15) is 4.98 Å². The molecule has 0 fully saturated rings. The Morgan fingerprint density at radius 3 is 2.88 bits per heavy atom. The Bertz CT molecular complexity index is 488. The molecule has 0 radical (unpaired) electrons. The van der Waals surface area contributed by atoms with E-state index in [-0.39, 0.29) is 0 Å². The van der Waals surface area contributed by atoms with Gasteiger partial charge in [-0.05, 0) is 20.3 Å². The van der Waals surface area contributed by atoms with Gasteiger partial charge in [0.2, 0.25) is 0 Å². The van der Waals surface area contributed by atoms with Crippen molar-refractivity contribution in [1.82, 2.24) is 15.1 Å². The molecule has 0 aliphatic rings. The van der Waals surface area contributed by atoms with Gasteiger partial charge in [-0.25, -0.2) is 4.98 Å². The van der Waals surface area contributed by atoms with E-state index in [0.717, 1.165) is 17.0 Å². The fourth-order valence-corrected chi connectivity index (χ4v) is 1.94. The van der Waals surface area contributed by atoms with E-state index in [1.807, 2.05) is 20.8 Å². The number of hydrogen-bond donors (Lipinski definition) is 1. The molecule has 0 aliphatic carbocycles. The largest absolute Gasteiger partial charge is 0.333 e. The summed E-state index contributed by atoms with van der Waals surface area (Å²) in [6.45, 7) is 5.80. The molecule has 0 aliphatic heterocycles. The van der Waals surface area contributed by atoms with E-state index in [9.17, 15) is 0 Å². The highest BCUT2D eigenvalue weighted by Gasteiger charge is 2.26. The number of nitrogens with zero attached hydrogens (tertiary/aromatic N) is 3. The molecule has 1 unspecified atom stereocenters. The number of aromatic nitrogens is 3. The molecule has 2 heterocycles. The van der Waals surface area contributed by atoms with Gasteiger partial charge in [-0.15, -0.1) is 11.3 Å². The first-order valence-electron chi connectivity index (χ1n) is 5.08. The Balaban J connectivity index is 2.37. The minimum atomic E-state index is -0.541. The van der Waals surface area contributed by atoms with E-state index in [2.05, 4.69) is 15.1 Å². The van der Waals surface area contributed by atoms with Crippen molar-refractivity contribution in [2.45, 2.75) is 32.7 Å². The van der Waals surface area contributed by atoms with Crippen molar-refractivity contribution >= 4 is 11.3 Å².